The zero-order chi connectivity index (χ0) is 15.2. The van der Waals surface area contributed by atoms with Gasteiger partial charge in [0.25, 0.3) is 0 Å². The van der Waals surface area contributed by atoms with Crippen LogP contribution in [0.3, 0.4) is 0 Å². The van der Waals surface area contributed by atoms with Crippen LogP contribution >= 0.6 is 24.0 Å². The van der Waals surface area contributed by atoms with E-state index in [-0.39, 0.29) is 30.8 Å². The van der Waals surface area contributed by atoms with Crippen LogP contribution < -0.4 is 15.8 Å². The Bertz CT molecular complexity index is 497. The Morgan fingerprint density at radius 3 is 2.82 bits per heavy atom. The van der Waals surface area contributed by atoms with E-state index in [9.17, 15) is 4.79 Å². The smallest absolute Gasteiger partial charge is 0.224 e. The molecule has 2 atom stereocenters. The molecule has 1 aliphatic rings. The first-order chi connectivity index (χ1) is 10.1. The van der Waals surface area contributed by atoms with Gasteiger partial charge in [-0.1, -0.05) is 24.4 Å². The van der Waals surface area contributed by atoms with E-state index in [0.717, 1.165) is 24.8 Å². The highest BCUT2D eigenvalue weighted by molar-refractivity contribution is 6.30. The zero-order valence-electron chi connectivity index (χ0n) is 12.8. The Kier molecular flexibility index (Phi) is 8.01. The highest BCUT2D eigenvalue weighted by atomic mass is 35.5. The van der Waals surface area contributed by atoms with Gasteiger partial charge in [0, 0.05) is 16.6 Å². The maximum atomic E-state index is 12.3. The van der Waals surface area contributed by atoms with Crippen LogP contribution in [0.4, 0.5) is 0 Å². The van der Waals surface area contributed by atoms with Crippen LogP contribution in [-0.2, 0) is 11.2 Å². The number of hydrogen-bond donors (Lipinski definition) is 2. The van der Waals surface area contributed by atoms with Crippen LogP contribution in [0.2, 0.25) is 5.02 Å². The average molecular weight is 347 g/mol. The Hall–Kier alpha value is -0.970. The molecule has 124 valence electrons. The minimum atomic E-state index is 0. The third-order valence-corrected chi connectivity index (χ3v) is 4.39. The lowest BCUT2D eigenvalue weighted by atomic mass is 9.84. The molecule has 2 unspecified atom stereocenters. The van der Waals surface area contributed by atoms with Gasteiger partial charge in [-0.05, 0) is 43.5 Å². The second kappa shape index (κ2) is 9.23. The van der Waals surface area contributed by atoms with Crippen LogP contribution in [0.25, 0.3) is 0 Å². The fourth-order valence-electron chi connectivity index (χ4n) is 3.00. The van der Waals surface area contributed by atoms with E-state index < -0.39 is 0 Å². The van der Waals surface area contributed by atoms with Crippen molar-refractivity contribution in [1.82, 2.24) is 5.32 Å². The molecule has 1 aromatic rings. The fraction of sp³-hybridized carbons (Fsp3) is 0.562. The lowest BCUT2D eigenvalue weighted by Gasteiger charge is -2.31. The standard InChI is InChI=1S/C16H23ClN2O2.ClH/c1-21-15-7-6-13(17)8-12(15)9-16(20)19-14-5-3-2-4-11(14)10-18;/h6-8,11,14H,2-5,9-10,18H2,1H3,(H,19,20);1H. The van der Waals surface area contributed by atoms with Gasteiger partial charge in [-0.2, -0.15) is 0 Å². The normalized spacial score (nSPS) is 20.9. The number of hydrogen-bond acceptors (Lipinski definition) is 3. The molecule has 4 nitrogen and oxygen atoms in total. The second-order valence-corrected chi connectivity index (χ2v) is 6.02. The van der Waals surface area contributed by atoms with Crippen LogP contribution in [0.1, 0.15) is 31.2 Å². The first-order valence-electron chi connectivity index (χ1n) is 7.46. The lowest BCUT2D eigenvalue weighted by Crippen LogP contribution is -2.45. The zero-order valence-corrected chi connectivity index (χ0v) is 14.4. The van der Waals surface area contributed by atoms with Crippen molar-refractivity contribution in [3.63, 3.8) is 0 Å². The van der Waals surface area contributed by atoms with Crippen molar-refractivity contribution < 1.29 is 9.53 Å². The van der Waals surface area contributed by atoms with Gasteiger partial charge in [0.15, 0.2) is 0 Å². The van der Waals surface area contributed by atoms with Gasteiger partial charge >= 0.3 is 0 Å². The summed E-state index contributed by atoms with van der Waals surface area (Å²) < 4.78 is 5.27. The van der Waals surface area contributed by atoms with Gasteiger partial charge in [0.1, 0.15) is 5.75 Å². The van der Waals surface area contributed by atoms with E-state index in [2.05, 4.69) is 5.32 Å². The van der Waals surface area contributed by atoms with Crippen molar-refractivity contribution in [1.29, 1.82) is 0 Å². The van der Waals surface area contributed by atoms with E-state index >= 15 is 0 Å². The summed E-state index contributed by atoms with van der Waals surface area (Å²) >= 11 is 5.99. The topological polar surface area (TPSA) is 64.3 Å². The van der Waals surface area contributed by atoms with Gasteiger partial charge in [0.2, 0.25) is 5.91 Å². The van der Waals surface area contributed by atoms with E-state index in [1.165, 1.54) is 6.42 Å². The molecule has 6 heteroatoms. The Morgan fingerprint density at radius 2 is 2.14 bits per heavy atom. The molecule has 0 aromatic heterocycles. The van der Waals surface area contributed by atoms with Crippen LogP contribution in [0.15, 0.2) is 18.2 Å². The molecule has 0 heterocycles. The number of benzene rings is 1. The summed E-state index contributed by atoms with van der Waals surface area (Å²) in [6.07, 6.45) is 4.75. The van der Waals surface area contributed by atoms with E-state index in [4.69, 9.17) is 22.1 Å². The molecular formula is C16H24Cl2N2O2. The third kappa shape index (κ3) is 5.04. The number of nitrogens with two attached hydrogens (primary N) is 1. The maximum Gasteiger partial charge on any atom is 0.224 e. The van der Waals surface area contributed by atoms with Gasteiger partial charge in [-0.15, -0.1) is 12.4 Å². The summed E-state index contributed by atoms with van der Waals surface area (Å²) in [5.41, 5.74) is 6.61. The summed E-state index contributed by atoms with van der Waals surface area (Å²) in [7, 11) is 1.59. The maximum absolute atomic E-state index is 12.3. The molecule has 0 aliphatic heterocycles. The minimum absolute atomic E-state index is 0. The second-order valence-electron chi connectivity index (χ2n) is 5.59. The number of methoxy groups -OCH3 is 1. The molecule has 1 saturated carbocycles. The minimum Gasteiger partial charge on any atom is -0.496 e. The van der Waals surface area contributed by atoms with Gasteiger partial charge in [-0.25, -0.2) is 0 Å². The fourth-order valence-corrected chi connectivity index (χ4v) is 3.19. The number of nitrogens with one attached hydrogen (secondary N) is 1. The number of halogens is 2. The Labute approximate surface area is 143 Å². The molecule has 1 fully saturated rings. The van der Waals surface area contributed by atoms with Crippen LogP contribution in [0, 0.1) is 5.92 Å². The number of rotatable bonds is 5. The number of amides is 1. The van der Waals surface area contributed by atoms with Crippen molar-refractivity contribution in [2.75, 3.05) is 13.7 Å². The summed E-state index contributed by atoms with van der Waals surface area (Å²) in [5, 5.41) is 3.73. The molecule has 2 rings (SSSR count). The van der Waals surface area contributed by atoms with Crippen LogP contribution in [0.5, 0.6) is 5.75 Å². The largest absolute Gasteiger partial charge is 0.496 e. The molecule has 0 bridgehead atoms. The van der Waals surface area contributed by atoms with Gasteiger partial charge in [0.05, 0.1) is 13.5 Å². The molecule has 22 heavy (non-hydrogen) atoms. The molecule has 0 saturated heterocycles. The van der Waals surface area contributed by atoms with Crippen molar-refractivity contribution >= 4 is 29.9 Å². The molecule has 3 N–H and O–H groups in total. The Morgan fingerprint density at radius 1 is 1.41 bits per heavy atom. The summed E-state index contributed by atoms with van der Waals surface area (Å²) in [6.45, 7) is 0.630. The number of ether oxygens (including phenoxy) is 1. The van der Waals surface area contributed by atoms with E-state index in [0.29, 0.717) is 23.2 Å². The van der Waals surface area contributed by atoms with Gasteiger partial charge in [-0.3, -0.25) is 4.79 Å². The monoisotopic (exact) mass is 346 g/mol. The summed E-state index contributed by atoms with van der Waals surface area (Å²) in [4.78, 5) is 12.3. The molecule has 1 aromatic carbocycles. The summed E-state index contributed by atoms with van der Waals surface area (Å²) in [6, 6.07) is 5.52. The highest BCUT2D eigenvalue weighted by Crippen LogP contribution is 2.25. The van der Waals surface area contributed by atoms with E-state index in [1.807, 2.05) is 0 Å². The Balaban J connectivity index is 0.00000242. The van der Waals surface area contributed by atoms with Crippen molar-refractivity contribution in [3.05, 3.63) is 28.8 Å². The van der Waals surface area contributed by atoms with Gasteiger partial charge < -0.3 is 15.8 Å². The number of carbonyl (C=O) groups is 1. The predicted octanol–water partition coefficient (Wildman–Crippen LogP) is 2.95. The van der Waals surface area contributed by atoms with Crippen LogP contribution in [-0.4, -0.2) is 25.6 Å². The highest BCUT2D eigenvalue weighted by Gasteiger charge is 2.25. The summed E-state index contributed by atoms with van der Waals surface area (Å²) in [5.74, 6) is 1.08. The lowest BCUT2D eigenvalue weighted by molar-refractivity contribution is -0.121. The SMILES string of the molecule is COc1ccc(Cl)cc1CC(=O)NC1CCCCC1CN.Cl. The van der Waals surface area contributed by atoms with Crippen molar-refractivity contribution in [2.45, 2.75) is 38.1 Å². The molecular weight excluding hydrogens is 323 g/mol. The molecule has 0 radical (unpaired) electrons. The van der Waals surface area contributed by atoms with Crippen molar-refractivity contribution in [3.8, 4) is 5.75 Å². The molecule has 1 amide bonds. The number of carbonyl (C=O) groups excluding carboxylic acids is 1. The predicted molar refractivity (Wildman–Crippen MR) is 91.9 cm³/mol. The first-order valence-corrected chi connectivity index (χ1v) is 7.83. The quantitative estimate of drug-likeness (QED) is 0.861. The van der Waals surface area contributed by atoms with E-state index in [1.54, 1.807) is 25.3 Å². The third-order valence-electron chi connectivity index (χ3n) is 4.15. The molecule has 1 aliphatic carbocycles. The first kappa shape index (κ1) is 19.1. The van der Waals surface area contributed by atoms with Crippen molar-refractivity contribution in [2.24, 2.45) is 11.7 Å². The molecule has 0 spiro atoms. The average Bonchev–Trinajstić information content (AvgIpc) is 2.48.